The summed E-state index contributed by atoms with van der Waals surface area (Å²) < 4.78 is 5.29. The summed E-state index contributed by atoms with van der Waals surface area (Å²) in [5, 5.41) is 8.10. The van der Waals surface area contributed by atoms with Gasteiger partial charge < -0.3 is 9.84 Å². The highest BCUT2D eigenvalue weighted by Gasteiger charge is 2.20. The number of amides is 1. The zero-order chi connectivity index (χ0) is 18.8. The van der Waals surface area contributed by atoms with Gasteiger partial charge in [0.05, 0.1) is 16.1 Å². The molecule has 0 bridgehead atoms. The molecule has 7 heteroatoms. The van der Waals surface area contributed by atoms with Crippen molar-refractivity contribution in [3.8, 4) is 0 Å². The van der Waals surface area contributed by atoms with Crippen molar-refractivity contribution in [1.82, 2.24) is 20.4 Å². The van der Waals surface area contributed by atoms with E-state index in [0.717, 1.165) is 12.1 Å². The van der Waals surface area contributed by atoms with Gasteiger partial charge in [0.25, 0.3) is 5.91 Å². The van der Waals surface area contributed by atoms with E-state index >= 15 is 0 Å². The molecule has 1 amide bonds. The zero-order valence-electron chi connectivity index (χ0n) is 15.2. The van der Waals surface area contributed by atoms with E-state index in [1.54, 1.807) is 18.2 Å². The maximum atomic E-state index is 12.8. The largest absolute Gasteiger partial charge is 0.340 e. The fourth-order valence-electron chi connectivity index (χ4n) is 2.76. The predicted octanol–water partition coefficient (Wildman–Crippen LogP) is 4.27. The monoisotopic (exact) mass is 372 g/mol. The van der Waals surface area contributed by atoms with Gasteiger partial charge in [0.2, 0.25) is 5.89 Å². The molecule has 26 heavy (non-hydrogen) atoms. The molecule has 1 aromatic carbocycles. The van der Waals surface area contributed by atoms with Crippen LogP contribution in [-0.2, 0) is 6.42 Å². The van der Waals surface area contributed by atoms with Crippen LogP contribution in [0, 0.1) is 12.8 Å². The summed E-state index contributed by atoms with van der Waals surface area (Å²) in [6.45, 7) is 7.82. The third kappa shape index (κ3) is 3.85. The molecule has 0 aliphatic carbocycles. The highest BCUT2D eigenvalue weighted by Crippen LogP contribution is 2.25. The number of nitrogens with one attached hydrogen (secondary N) is 1. The van der Waals surface area contributed by atoms with Crippen LogP contribution in [0.1, 0.15) is 54.6 Å². The number of benzene rings is 1. The number of carbonyl (C=O) groups is 1. The zero-order valence-corrected chi connectivity index (χ0v) is 16.0. The quantitative estimate of drug-likeness (QED) is 0.723. The minimum Gasteiger partial charge on any atom is -0.340 e. The first kappa shape index (κ1) is 18.3. The van der Waals surface area contributed by atoms with Gasteiger partial charge in [-0.2, -0.15) is 4.98 Å². The second-order valence-electron chi connectivity index (χ2n) is 6.79. The molecule has 136 valence electrons. The normalized spacial score (nSPS) is 12.5. The molecule has 0 spiro atoms. The smallest absolute Gasteiger partial charge is 0.252 e. The Morgan fingerprint density at radius 3 is 2.77 bits per heavy atom. The molecule has 0 saturated carbocycles. The molecule has 0 unspecified atom stereocenters. The molecule has 2 heterocycles. The Bertz CT molecular complexity index is 952. The van der Waals surface area contributed by atoms with Gasteiger partial charge in [-0.15, -0.1) is 0 Å². The lowest BCUT2D eigenvalue weighted by molar-refractivity contribution is 0.0934. The van der Waals surface area contributed by atoms with E-state index in [-0.39, 0.29) is 5.91 Å². The van der Waals surface area contributed by atoms with Crippen LogP contribution in [0.15, 0.2) is 28.8 Å². The summed E-state index contributed by atoms with van der Waals surface area (Å²) in [4.78, 5) is 21.6. The number of carbonyl (C=O) groups excluding carboxylic acids is 1. The van der Waals surface area contributed by atoms with Crippen molar-refractivity contribution in [2.24, 2.45) is 5.92 Å². The van der Waals surface area contributed by atoms with Crippen molar-refractivity contribution in [3.63, 3.8) is 0 Å². The van der Waals surface area contributed by atoms with E-state index < -0.39 is 6.04 Å². The standard InChI is InChI=1S/C19H21ClN4O2/c1-10(2)8-16-23-19(26-24-16)12(4)22-18(25)14-9-11(3)21-17-13(14)6-5-7-15(17)20/h5-7,9-10,12H,8H2,1-4H3,(H,22,25)/t12-/m0/s1. The van der Waals surface area contributed by atoms with Gasteiger partial charge in [0.15, 0.2) is 5.82 Å². The number of fused-ring (bicyclic) bond motifs is 1. The van der Waals surface area contributed by atoms with Crippen LogP contribution in [0.5, 0.6) is 0 Å². The Labute approximate surface area is 157 Å². The molecule has 2 aromatic heterocycles. The third-order valence-electron chi connectivity index (χ3n) is 3.96. The van der Waals surface area contributed by atoms with Crippen molar-refractivity contribution in [2.45, 2.75) is 40.2 Å². The lowest BCUT2D eigenvalue weighted by Gasteiger charge is -2.12. The van der Waals surface area contributed by atoms with Gasteiger partial charge in [-0.25, -0.2) is 0 Å². The molecule has 0 aliphatic rings. The maximum absolute atomic E-state index is 12.8. The average molecular weight is 373 g/mol. The number of pyridine rings is 1. The summed E-state index contributed by atoms with van der Waals surface area (Å²) in [5.41, 5.74) is 1.85. The van der Waals surface area contributed by atoms with E-state index in [4.69, 9.17) is 16.1 Å². The molecular weight excluding hydrogens is 352 g/mol. The van der Waals surface area contributed by atoms with Crippen LogP contribution in [-0.4, -0.2) is 21.0 Å². The summed E-state index contributed by atoms with van der Waals surface area (Å²) in [5.74, 6) is 1.23. The number of para-hydroxylation sites is 1. The van der Waals surface area contributed by atoms with Crippen molar-refractivity contribution in [3.05, 3.63) is 52.3 Å². The summed E-state index contributed by atoms with van der Waals surface area (Å²) >= 11 is 6.22. The first-order chi connectivity index (χ1) is 12.3. The topological polar surface area (TPSA) is 80.9 Å². The molecule has 0 radical (unpaired) electrons. The highest BCUT2D eigenvalue weighted by atomic mass is 35.5. The molecule has 3 aromatic rings. The lowest BCUT2D eigenvalue weighted by Crippen LogP contribution is -2.27. The number of hydrogen-bond donors (Lipinski definition) is 1. The Balaban J connectivity index is 1.85. The fraction of sp³-hybridized carbons (Fsp3) is 0.368. The van der Waals surface area contributed by atoms with Crippen LogP contribution >= 0.6 is 11.6 Å². The Hall–Kier alpha value is -2.47. The first-order valence-electron chi connectivity index (χ1n) is 8.54. The highest BCUT2D eigenvalue weighted by molar-refractivity contribution is 6.35. The molecule has 3 rings (SSSR count). The van der Waals surface area contributed by atoms with E-state index in [1.807, 2.05) is 19.9 Å². The molecule has 1 N–H and O–H groups in total. The Kier molecular flexibility index (Phi) is 5.23. The SMILES string of the molecule is Cc1cc(C(=O)N[C@@H](C)c2nc(CC(C)C)no2)c2cccc(Cl)c2n1. The molecule has 0 saturated heterocycles. The minimum atomic E-state index is -0.404. The van der Waals surface area contributed by atoms with Crippen molar-refractivity contribution in [1.29, 1.82) is 0 Å². The average Bonchev–Trinajstić information content (AvgIpc) is 3.03. The molecule has 1 atom stereocenters. The second-order valence-corrected chi connectivity index (χ2v) is 7.20. The number of aryl methyl sites for hydroxylation is 1. The third-order valence-corrected chi connectivity index (χ3v) is 4.26. The van der Waals surface area contributed by atoms with Crippen LogP contribution in [0.25, 0.3) is 10.9 Å². The fourth-order valence-corrected chi connectivity index (χ4v) is 2.97. The van der Waals surface area contributed by atoms with Crippen molar-refractivity contribution < 1.29 is 9.32 Å². The Morgan fingerprint density at radius 2 is 2.04 bits per heavy atom. The summed E-state index contributed by atoms with van der Waals surface area (Å²) in [6.07, 6.45) is 0.733. The second kappa shape index (κ2) is 7.41. The van der Waals surface area contributed by atoms with E-state index in [1.165, 1.54) is 0 Å². The van der Waals surface area contributed by atoms with E-state index in [2.05, 4.69) is 34.3 Å². The number of rotatable bonds is 5. The summed E-state index contributed by atoms with van der Waals surface area (Å²) in [7, 11) is 0. The summed E-state index contributed by atoms with van der Waals surface area (Å²) in [6, 6.07) is 6.74. The molecule has 6 nitrogen and oxygen atoms in total. The number of halogens is 1. The molecule has 0 aliphatic heterocycles. The lowest BCUT2D eigenvalue weighted by atomic mass is 10.1. The number of nitrogens with zero attached hydrogens (tertiary/aromatic N) is 3. The number of hydrogen-bond acceptors (Lipinski definition) is 5. The van der Waals surface area contributed by atoms with Crippen LogP contribution in [0.3, 0.4) is 0 Å². The minimum absolute atomic E-state index is 0.237. The van der Waals surface area contributed by atoms with Gasteiger partial charge >= 0.3 is 0 Å². The predicted molar refractivity (Wildman–Crippen MR) is 100 cm³/mol. The van der Waals surface area contributed by atoms with E-state index in [9.17, 15) is 4.79 Å². The van der Waals surface area contributed by atoms with Crippen molar-refractivity contribution >= 4 is 28.4 Å². The molecular formula is C19H21ClN4O2. The first-order valence-corrected chi connectivity index (χ1v) is 8.92. The van der Waals surface area contributed by atoms with Gasteiger partial charge in [-0.1, -0.05) is 42.7 Å². The van der Waals surface area contributed by atoms with Gasteiger partial charge in [-0.3, -0.25) is 9.78 Å². The van der Waals surface area contributed by atoms with Crippen molar-refractivity contribution in [2.75, 3.05) is 0 Å². The molecule has 0 fully saturated rings. The van der Waals surface area contributed by atoms with Gasteiger partial charge in [0, 0.05) is 17.5 Å². The van der Waals surface area contributed by atoms with Gasteiger partial charge in [-0.05, 0) is 31.9 Å². The van der Waals surface area contributed by atoms with Crippen LogP contribution in [0.4, 0.5) is 0 Å². The van der Waals surface area contributed by atoms with Crippen LogP contribution < -0.4 is 5.32 Å². The Morgan fingerprint density at radius 1 is 1.27 bits per heavy atom. The maximum Gasteiger partial charge on any atom is 0.252 e. The van der Waals surface area contributed by atoms with Crippen LogP contribution in [0.2, 0.25) is 5.02 Å². The number of aromatic nitrogens is 3. The van der Waals surface area contributed by atoms with E-state index in [0.29, 0.717) is 39.1 Å². The van der Waals surface area contributed by atoms with Gasteiger partial charge in [0.1, 0.15) is 6.04 Å².